The number of nitriles is 1. The molecular formula is C14H15N3O. The van der Waals surface area contributed by atoms with Crippen LogP contribution in [0.25, 0.3) is 0 Å². The lowest BCUT2D eigenvalue weighted by Crippen LogP contribution is -2.46. The van der Waals surface area contributed by atoms with Gasteiger partial charge in [-0.1, -0.05) is 18.2 Å². The number of hydrogen-bond donors (Lipinski definition) is 1. The summed E-state index contributed by atoms with van der Waals surface area (Å²) in [6, 6.07) is 10.1. The number of amides is 1. The van der Waals surface area contributed by atoms with Gasteiger partial charge in [-0.15, -0.1) is 0 Å². The van der Waals surface area contributed by atoms with E-state index in [0.29, 0.717) is 6.54 Å². The maximum absolute atomic E-state index is 12.3. The number of carbonyl (C=O) groups excluding carboxylic acids is 1. The molecule has 2 aliphatic rings. The van der Waals surface area contributed by atoms with Gasteiger partial charge in [-0.3, -0.25) is 9.69 Å². The standard InChI is InChI=1S/C14H15N3O/c15-7-10-17-8-5-14(6-9-17)11-3-1-2-4-12(11)16-13(14)18/h1-4H,5-6,8-10H2,(H,16,18). The second-order valence-electron chi connectivity index (χ2n) is 5.02. The van der Waals surface area contributed by atoms with Crippen LogP contribution in [-0.4, -0.2) is 30.4 Å². The molecule has 1 spiro atoms. The molecule has 4 heteroatoms. The first-order valence-corrected chi connectivity index (χ1v) is 6.26. The molecule has 2 aliphatic heterocycles. The van der Waals surface area contributed by atoms with Gasteiger partial charge in [-0.05, 0) is 24.5 Å². The molecule has 1 aromatic rings. The van der Waals surface area contributed by atoms with Crippen molar-refractivity contribution in [2.75, 3.05) is 25.0 Å². The predicted octanol–water partition coefficient (Wildman–Crippen LogP) is 1.50. The topological polar surface area (TPSA) is 56.1 Å². The third-order valence-corrected chi connectivity index (χ3v) is 4.13. The van der Waals surface area contributed by atoms with Crippen molar-refractivity contribution in [2.45, 2.75) is 18.3 Å². The third-order valence-electron chi connectivity index (χ3n) is 4.13. The molecule has 92 valence electrons. The van der Waals surface area contributed by atoms with Crippen LogP contribution >= 0.6 is 0 Å². The minimum atomic E-state index is -0.359. The Hall–Kier alpha value is -1.86. The smallest absolute Gasteiger partial charge is 0.235 e. The van der Waals surface area contributed by atoms with Crippen LogP contribution in [0.2, 0.25) is 0 Å². The number of piperidine rings is 1. The van der Waals surface area contributed by atoms with Crippen molar-refractivity contribution in [3.8, 4) is 6.07 Å². The maximum atomic E-state index is 12.3. The van der Waals surface area contributed by atoms with Crippen LogP contribution < -0.4 is 5.32 Å². The van der Waals surface area contributed by atoms with E-state index in [9.17, 15) is 4.79 Å². The van der Waals surface area contributed by atoms with Gasteiger partial charge in [0.2, 0.25) is 5.91 Å². The van der Waals surface area contributed by atoms with Crippen molar-refractivity contribution >= 4 is 11.6 Å². The van der Waals surface area contributed by atoms with Gasteiger partial charge < -0.3 is 5.32 Å². The van der Waals surface area contributed by atoms with Crippen LogP contribution in [0.5, 0.6) is 0 Å². The first-order chi connectivity index (χ1) is 8.76. The van der Waals surface area contributed by atoms with E-state index in [0.717, 1.165) is 37.2 Å². The lowest BCUT2D eigenvalue weighted by atomic mass is 9.74. The van der Waals surface area contributed by atoms with E-state index in [4.69, 9.17) is 5.26 Å². The number of nitrogens with zero attached hydrogens (tertiary/aromatic N) is 2. The monoisotopic (exact) mass is 241 g/mol. The molecular weight excluding hydrogens is 226 g/mol. The van der Waals surface area contributed by atoms with E-state index >= 15 is 0 Å². The Labute approximate surface area is 106 Å². The van der Waals surface area contributed by atoms with Gasteiger partial charge in [-0.2, -0.15) is 5.26 Å². The van der Waals surface area contributed by atoms with Crippen LogP contribution in [0, 0.1) is 11.3 Å². The molecule has 1 N–H and O–H groups in total. The highest BCUT2D eigenvalue weighted by Crippen LogP contribution is 2.44. The number of rotatable bonds is 1. The summed E-state index contributed by atoms with van der Waals surface area (Å²) in [4.78, 5) is 14.4. The van der Waals surface area contributed by atoms with E-state index in [2.05, 4.69) is 16.3 Å². The van der Waals surface area contributed by atoms with Crippen molar-refractivity contribution in [1.82, 2.24) is 4.90 Å². The third kappa shape index (κ3) is 1.52. The molecule has 1 amide bonds. The van der Waals surface area contributed by atoms with E-state index in [-0.39, 0.29) is 11.3 Å². The second-order valence-corrected chi connectivity index (χ2v) is 5.02. The van der Waals surface area contributed by atoms with Crippen molar-refractivity contribution in [1.29, 1.82) is 5.26 Å². The van der Waals surface area contributed by atoms with Gasteiger partial charge in [0, 0.05) is 18.8 Å². The van der Waals surface area contributed by atoms with Crippen LogP contribution in [0.15, 0.2) is 24.3 Å². The molecule has 1 saturated heterocycles. The normalized spacial score (nSPS) is 21.4. The lowest BCUT2D eigenvalue weighted by molar-refractivity contribution is -0.122. The summed E-state index contributed by atoms with van der Waals surface area (Å²) >= 11 is 0. The summed E-state index contributed by atoms with van der Waals surface area (Å²) in [6.07, 6.45) is 1.61. The number of anilines is 1. The first kappa shape index (κ1) is 11.2. The second kappa shape index (κ2) is 4.11. The summed E-state index contributed by atoms with van der Waals surface area (Å²) in [5.41, 5.74) is 1.73. The fourth-order valence-corrected chi connectivity index (χ4v) is 3.06. The number of likely N-dealkylation sites (tertiary alicyclic amines) is 1. The van der Waals surface area contributed by atoms with Gasteiger partial charge in [-0.25, -0.2) is 0 Å². The quantitative estimate of drug-likeness (QED) is 0.758. The number of benzene rings is 1. The molecule has 1 fully saturated rings. The Morgan fingerprint density at radius 2 is 2.06 bits per heavy atom. The largest absolute Gasteiger partial charge is 0.325 e. The van der Waals surface area contributed by atoms with E-state index in [1.165, 1.54) is 0 Å². The summed E-state index contributed by atoms with van der Waals surface area (Å²) in [6.45, 7) is 2.09. The summed E-state index contributed by atoms with van der Waals surface area (Å²) < 4.78 is 0. The Kier molecular flexibility index (Phi) is 2.57. The zero-order chi connectivity index (χ0) is 12.6. The van der Waals surface area contributed by atoms with Crippen LogP contribution in [0.4, 0.5) is 5.69 Å². The van der Waals surface area contributed by atoms with Crippen molar-refractivity contribution < 1.29 is 4.79 Å². The van der Waals surface area contributed by atoms with Crippen LogP contribution in [0.3, 0.4) is 0 Å². The van der Waals surface area contributed by atoms with E-state index in [1.807, 2.05) is 24.3 Å². The minimum absolute atomic E-state index is 0.125. The molecule has 3 rings (SSSR count). The van der Waals surface area contributed by atoms with Crippen LogP contribution in [0.1, 0.15) is 18.4 Å². The van der Waals surface area contributed by atoms with Gasteiger partial charge >= 0.3 is 0 Å². The molecule has 4 nitrogen and oxygen atoms in total. The van der Waals surface area contributed by atoms with Crippen molar-refractivity contribution in [3.63, 3.8) is 0 Å². The Balaban J connectivity index is 1.89. The number of hydrogen-bond acceptors (Lipinski definition) is 3. The van der Waals surface area contributed by atoms with Crippen molar-refractivity contribution in [3.05, 3.63) is 29.8 Å². The fourth-order valence-electron chi connectivity index (χ4n) is 3.06. The number of fused-ring (bicyclic) bond motifs is 2. The Morgan fingerprint density at radius 1 is 1.33 bits per heavy atom. The molecule has 0 saturated carbocycles. The van der Waals surface area contributed by atoms with E-state index < -0.39 is 0 Å². The highest BCUT2D eigenvalue weighted by molar-refractivity contribution is 6.06. The highest BCUT2D eigenvalue weighted by atomic mass is 16.2. The van der Waals surface area contributed by atoms with Crippen molar-refractivity contribution in [2.24, 2.45) is 0 Å². The van der Waals surface area contributed by atoms with Gasteiger partial charge in [0.25, 0.3) is 0 Å². The number of nitrogens with one attached hydrogen (secondary N) is 1. The zero-order valence-corrected chi connectivity index (χ0v) is 10.1. The average Bonchev–Trinajstić information content (AvgIpc) is 2.66. The van der Waals surface area contributed by atoms with Crippen LogP contribution in [-0.2, 0) is 10.2 Å². The number of para-hydroxylation sites is 1. The molecule has 0 aromatic heterocycles. The summed E-state index contributed by atoms with van der Waals surface area (Å²) in [5.74, 6) is 0.125. The summed E-state index contributed by atoms with van der Waals surface area (Å²) in [7, 11) is 0. The van der Waals surface area contributed by atoms with Gasteiger partial charge in [0.1, 0.15) is 0 Å². The predicted molar refractivity (Wildman–Crippen MR) is 68.0 cm³/mol. The summed E-state index contributed by atoms with van der Waals surface area (Å²) in [5, 5.41) is 11.7. The first-order valence-electron chi connectivity index (χ1n) is 6.26. The van der Waals surface area contributed by atoms with Gasteiger partial charge in [0.05, 0.1) is 18.0 Å². The molecule has 0 radical (unpaired) electrons. The molecule has 2 heterocycles. The molecule has 0 aliphatic carbocycles. The Bertz CT molecular complexity index is 524. The molecule has 0 unspecified atom stereocenters. The van der Waals surface area contributed by atoms with E-state index in [1.54, 1.807) is 0 Å². The SMILES string of the molecule is N#CCN1CCC2(CC1)C(=O)Nc1ccccc12. The average molecular weight is 241 g/mol. The highest BCUT2D eigenvalue weighted by Gasteiger charge is 2.47. The number of carbonyl (C=O) groups is 1. The zero-order valence-electron chi connectivity index (χ0n) is 10.1. The maximum Gasteiger partial charge on any atom is 0.235 e. The molecule has 0 atom stereocenters. The molecule has 0 bridgehead atoms. The molecule has 18 heavy (non-hydrogen) atoms. The Morgan fingerprint density at radius 3 is 2.78 bits per heavy atom. The van der Waals surface area contributed by atoms with Gasteiger partial charge in [0.15, 0.2) is 0 Å². The minimum Gasteiger partial charge on any atom is -0.325 e. The molecule has 1 aromatic carbocycles. The fraction of sp³-hybridized carbons (Fsp3) is 0.429. The lowest BCUT2D eigenvalue weighted by Gasteiger charge is -2.36.